The van der Waals surface area contributed by atoms with Crippen molar-refractivity contribution >= 4 is 20.2 Å². The quantitative estimate of drug-likeness (QED) is 0.235. The van der Waals surface area contributed by atoms with Crippen molar-refractivity contribution in [2.75, 3.05) is 6.54 Å². The van der Waals surface area contributed by atoms with Gasteiger partial charge in [-0.25, -0.2) is 4.79 Å². The van der Waals surface area contributed by atoms with Crippen LogP contribution in [-0.2, 0) is 31.7 Å². The number of phenolic OH excluding ortho intramolecular Hbond substituents is 1. The monoisotopic (exact) mass is 599 g/mol. The van der Waals surface area contributed by atoms with Crippen LogP contribution in [0.5, 0.6) is 5.75 Å². The van der Waals surface area contributed by atoms with Gasteiger partial charge in [-0.05, 0) is 91.2 Å². The van der Waals surface area contributed by atoms with Crippen molar-refractivity contribution in [3.8, 4) is 5.75 Å². The molecule has 0 radical (unpaired) electrons. The second-order valence-electron chi connectivity index (χ2n) is 12.5. The zero-order chi connectivity index (χ0) is 30.9. The van der Waals surface area contributed by atoms with Crippen LogP contribution in [0.1, 0.15) is 94.7 Å². The number of carbonyl (C=O) groups excluding carboxylic acids is 2. The highest BCUT2D eigenvalue weighted by atomic mass is 28.4. The van der Waals surface area contributed by atoms with Crippen molar-refractivity contribution < 1.29 is 37.0 Å². The molecule has 1 heterocycles. The number of amides is 1. The molecule has 10 heteroatoms. The average Bonchev–Trinajstić information content (AvgIpc) is 2.92. The van der Waals surface area contributed by atoms with Crippen LogP contribution < -0.4 is 0 Å². The van der Waals surface area contributed by atoms with Gasteiger partial charge in [0.1, 0.15) is 11.9 Å². The highest BCUT2D eigenvalue weighted by Crippen LogP contribution is 2.44. The van der Waals surface area contributed by atoms with E-state index in [2.05, 4.69) is 41.5 Å². The second-order valence-corrected chi connectivity index (χ2v) is 17.2. The van der Waals surface area contributed by atoms with E-state index >= 15 is 0 Å². The normalized spacial score (nSPS) is 22.4. The van der Waals surface area contributed by atoms with E-state index in [4.69, 9.17) is 9.16 Å². The van der Waals surface area contributed by atoms with Crippen molar-refractivity contribution in [3.63, 3.8) is 0 Å². The molecular weight excluding hydrogens is 551 g/mol. The van der Waals surface area contributed by atoms with Gasteiger partial charge in [-0.1, -0.05) is 48.0 Å². The minimum Gasteiger partial charge on any atom is -0.507 e. The Morgan fingerprint density at radius 2 is 1.66 bits per heavy atom. The lowest BCUT2D eigenvalue weighted by atomic mass is 9.75. The molecule has 6 nitrogen and oxygen atoms in total. The zero-order valence-electron chi connectivity index (χ0n) is 25.9. The van der Waals surface area contributed by atoms with Crippen molar-refractivity contribution in [2.45, 2.75) is 124 Å². The number of alkyl halides is 3. The van der Waals surface area contributed by atoms with Crippen LogP contribution in [0.3, 0.4) is 0 Å². The molecule has 41 heavy (non-hydrogen) atoms. The molecule has 3 rings (SSSR count). The molecular formula is C31H48F3NO5Si. The molecule has 4 atom stereocenters. The SMILES string of the molecule is CC[Si](CC)(CC)O[C@H](C(=O)OC1CC(C)CCC1C(C)C)c1c(C)c2c(c(C)c1O)CN(C(=O)C(F)(F)F)CC2. The standard InChI is InChI=1S/C31H48F3NO5Si/c1-9-41(10-2,11-3)40-28(29(37)39-25-16-19(6)12-13-22(25)18(4)5)26-20(7)23-14-15-35(30(38)31(32,33)34)17-24(23)21(8)27(26)36/h18-19,22,25,28,36H,9-17H2,1-8H3/t19?,22?,25?,28-/m0/s1. The molecule has 1 aromatic rings. The van der Waals surface area contributed by atoms with E-state index in [1.54, 1.807) is 13.8 Å². The van der Waals surface area contributed by atoms with Crippen LogP contribution in [0.4, 0.5) is 13.2 Å². The van der Waals surface area contributed by atoms with Crippen LogP contribution in [0, 0.1) is 31.6 Å². The van der Waals surface area contributed by atoms with E-state index in [9.17, 15) is 27.9 Å². The van der Waals surface area contributed by atoms with E-state index in [0.29, 0.717) is 34.1 Å². The number of esters is 1. The summed E-state index contributed by atoms with van der Waals surface area (Å²) in [6, 6.07) is 2.37. The lowest BCUT2D eigenvalue weighted by Crippen LogP contribution is -2.44. The number of benzene rings is 1. The Balaban J connectivity index is 2.09. The minimum atomic E-state index is -4.97. The topological polar surface area (TPSA) is 76.1 Å². The van der Waals surface area contributed by atoms with Gasteiger partial charge in [0.15, 0.2) is 14.4 Å². The van der Waals surface area contributed by atoms with E-state index in [-0.39, 0.29) is 37.3 Å². The molecule has 0 spiro atoms. The van der Waals surface area contributed by atoms with Crippen molar-refractivity contribution in [1.82, 2.24) is 4.90 Å². The number of fused-ring (bicyclic) bond motifs is 1. The first-order valence-corrected chi connectivity index (χ1v) is 17.7. The Morgan fingerprint density at radius 1 is 1.05 bits per heavy atom. The second kappa shape index (κ2) is 13.1. The Labute approximate surface area is 244 Å². The molecule has 1 aliphatic carbocycles. The van der Waals surface area contributed by atoms with Gasteiger partial charge >= 0.3 is 18.1 Å². The average molecular weight is 600 g/mol. The third-order valence-corrected chi connectivity index (χ3v) is 14.4. The molecule has 1 saturated carbocycles. The summed E-state index contributed by atoms with van der Waals surface area (Å²) in [4.78, 5) is 26.9. The third-order valence-electron chi connectivity index (χ3n) is 9.80. The number of hydrogen-bond acceptors (Lipinski definition) is 5. The first kappa shape index (κ1) is 33.4. The highest BCUT2D eigenvalue weighted by molar-refractivity contribution is 6.73. The molecule has 0 bridgehead atoms. The van der Waals surface area contributed by atoms with Crippen LogP contribution in [0.15, 0.2) is 0 Å². The molecule has 0 saturated heterocycles. The maximum atomic E-state index is 14.1. The predicted octanol–water partition coefficient (Wildman–Crippen LogP) is 7.52. The van der Waals surface area contributed by atoms with Crippen LogP contribution in [0.25, 0.3) is 0 Å². The zero-order valence-corrected chi connectivity index (χ0v) is 26.9. The number of aromatic hydroxyl groups is 1. The number of phenols is 1. The van der Waals surface area contributed by atoms with Crippen molar-refractivity contribution in [3.05, 3.63) is 27.8 Å². The van der Waals surface area contributed by atoms with Crippen LogP contribution in [0.2, 0.25) is 18.1 Å². The summed E-state index contributed by atoms with van der Waals surface area (Å²) < 4.78 is 52.6. The summed E-state index contributed by atoms with van der Waals surface area (Å²) in [7, 11) is -2.38. The number of rotatable bonds is 9. The molecule has 1 fully saturated rings. The predicted molar refractivity (Wildman–Crippen MR) is 155 cm³/mol. The number of nitrogens with zero attached hydrogens (tertiary/aromatic N) is 1. The third kappa shape index (κ3) is 6.95. The van der Waals surface area contributed by atoms with Gasteiger partial charge in [0.05, 0.1) is 0 Å². The molecule has 3 unspecified atom stereocenters. The van der Waals surface area contributed by atoms with E-state index in [1.807, 2.05) is 0 Å². The molecule has 0 aromatic heterocycles. The van der Waals surface area contributed by atoms with Gasteiger partial charge in [0, 0.05) is 18.7 Å². The number of halogens is 3. The first-order valence-electron chi connectivity index (χ1n) is 15.2. The molecule has 1 aliphatic heterocycles. The molecule has 1 aromatic carbocycles. The lowest BCUT2D eigenvalue weighted by molar-refractivity contribution is -0.186. The fourth-order valence-electron chi connectivity index (χ4n) is 6.82. The van der Waals surface area contributed by atoms with E-state index in [1.165, 1.54) is 0 Å². The van der Waals surface area contributed by atoms with Gasteiger partial charge < -0.3 is 19.2 Å². The molecule has 232 valence electrons. The Bertz CT molecular complexity index is 1110. The maximum Gasteiger partial charge on any atom is 0.471 e. The summed E-state index contributed by atoms with van der Waals surface area (Å²) in [5, 5.41) is 11.5. The number of ether oxygens (including phenoxy) is 1. The summed E-state index contributed by atoms with van der Waals surface area (Å²) in [6.07, 6.45) is -3.32. The Morgan fingerprint density at radius 3 is 2.20 bits per heavy atom. The Kier molecular flexibility index (Phi) is 10.6. The van der Waals surface area contributed by atoms with Gasteiger partial charge in [-0.3, -0.25) is 4.79 Å². The van der Waals surface area contributed by atoms with Crippen LogP contribution >= 0.6 is 0 Å². The van der Waals surface area contributed by atoms with Gasteiger partial charge in [0.25, 0.3) is 0 Å². The molecule has 1 amide bonds. The van der Waals surface area contributed by atoms with Gasteiger partial charge in [-0.2, -0.15) is 13.2 Å². The van der Waals surface area contributed by atoms with E-state index in [0.717, 1.165) is 47.9 Å². The van der Waals surface area contributed by atoms with Crippen LogP contribution in [-0.4, -0.2) is 49.0 Å². The van der Waals surface area contributed by atoms with E-state index < -0.39 is 32.5 Å². The largest absolute Gasteiger partial charge is 0.507 e. The first-order chi connectivity index (χ1) is 19.1. The summed E-state index contributed by atoms with van der Waals surface area (Å²) >= 11 is 0. The number of hydrogen-bond donors (Lipinski definition) is 1. The maximum absolute atomic E-state index is 14.1. The molecule has 2 aliphatic rings. The van der Waals surface area contributed by atoms with Gasteiger partial charge in [0.2, 0.25) is 0 Å². The summed E-state index contributed by atoms with van der Waals surface area (Å²) in [5.74, 6) is -1.56. The van der Waals surface area contributed by atoms with Crippen molar-refractivity contribution in [2.24, 2.45) is 17.8 Å². The Hall–Kier alpha value is -2.07. The van der Waals surface area contributed by atoms with Crippen molar-refractivity contribution in [1.29, 1.82) is 0 Å². The number of carbonyl (C=O) groups is 2. The summed E-state index contributed by atoms with van der Waals surface area (Å²) in [6.45, 7) is 15.7. The lowest BCUT2D eigenvalue weighted by Gasteiger charge is -2.39. The molecule has 1 N–H and O–H groups in total. The van der Waals surface area contributed by atoms with Gasteiger partial charge in [-0.15, -0.1) is 0 Å². The minimum absolute atomic E-state index is 0.0978. The summed E-state index contributed by atoms with van der Waals surface area (Å²) in [5.41, 5.74) is 2.58. The fraction of sp³-hybridized carbons (Fsp3) is 0.742. The highest BCUT2D eigenvalue weighted by Gasteiger charge is 2.45. The smallest absolute Gasteiger partial charge is 0.471 e. The fourth-order valence-corrected chi connectivity index (χ4v) is 9.53.